The Morgan fingerprint density at radius 3 is 2.71 bits per heavy atom. The van der Waals surface area contributed by atoms with E-state index in [1.165, 1.54) is 38.2 Å². The summed E-state index contributed by atoms with van der Waals surface area (Å²) in [5.41, 5.74) is 7.34. The fourth-order valence-electron chi connectivity index (χ4n) is 3.33. The summed E-state index contributed by atoms with van der Waals surface area (Å²) in [7, 11) is 0. The van der Waals surface area contributed by atoms with Gasteiger partial charge in [-0.05, 0) is 55.9 Å². The summed E-state index contributed by atoms with van der Waals surface area (Å²) in [6, 6.07) is 4.67. The van der Waals surface area contributed by atoms with E-state index >= 15 is 0 Å². The van der Waals surface area contributed by atoms with Crippen molar-refractivity contribution in [2.45, 2.75) is 57.6 Å². The summed E-state index contributed by atoms with van der Waals surface area (Å²) in [5, 5.41) is 0. The number of hydrogen-bond donors (Lipinski definition) is 1. The predicted molar refractivity (Wildman–Crippen MR) is 87.8 cm³/mol. The highest BCUT2D eigenvalue weighted by atomic mass is 79.9. The predicted octanol–water partition coefficient (Wildman–Crippen LogP) is 4.44. The monoisotopic (exact) mass is 357 g/mol. The molecule has 2 unspecified atom stereocenters. The summed E-state index contributed by atoms with van der Waals surface area (Å²) < 4.78 is 20.3. The zero-order valence-electron chi connectivity index (χ0n) is 12.7. The van der Waals surface area contributed by atoms with E-state index in [4.69, 9.17) is 10.5 Å². The minimum atomic E-state index is -0.217. The second-order valence-electron chi connectivity index (χ2n) is 5.92. The van der Waals surface area contributed by atoms with Gasteiger partial charge in [0, 0.05) is 17.1 Å². The molecule has 0 saturated heterocycles. The summed E-state index contributed by atoms with van der Waals surface area (Å²) >= 11 is 3.48. The first kappa shape index (κ1) is 16.9. The fraction of sp³-hybridized carbons (Fsp3) is 0.647. The molecule has 0 amide bonds. The van der Waals surface area contributed by atoms with E-state index in [-0.39, 0.29) is 18.0 Å². The highest BCUT2D eigenvalue weighted by Crippen LogP contribution is 2.30. The highest BCUT2D eigenvalue weighted by molar-refractivity contribution is 9.10. The van der Waals surface area contributed by atoms with Crippen molar-refractivity contribution in [1.29, 1.82) is 0 Å². The van der Waals surface area contributed by atoms with Crippen LogP contribution < -0.4 is 5.73 Å². The second kappa shape index (κ2) is 8.25. The Morgan fingerprint density at radius 2 is 2.05 bits per heavy atom. The zero-order chi connectivity index (χ0) is 15.2. The molecular formula is C17H25BrFNO. The van der Waals surface area contributed by atoms with E-state index in [1.807, 2.05) is 6.92 Å². The van der Waals surface area contributed by atoms with Crippen LogP contribution in [0.15, 0.2) is 22.7 Å². The van der Waals surface area contributed by atoms with Gasteiger partial charge >= 0.3 is 0 Å². The Hall–Kier alpha value is -0.450. The van der Waals surface area contributed by atoms with Crippen molar-refractivity contribution in [3.8, 4) is 0 Å². The maximum absolute atomic E-state index is 13.4. The van der Waals surface area contributed by atoms with Crippen LogP contribution in [0.4, 0.5) is 4.39 Å². The third-order valence-corrected chi connectivity index (χ3v) is 5.13. The normalized spacial score (nSPS) is 19.4. The first-order valence-corrected chi connectivity index (χ1v) is 8.72. The highest BCUT2D eigenvalue weighted by Gasteiger charge is 2.29. The van der Waals surface area contributed by atoms with E-state index in [1.54, 1.807) is 12.1 Å². The Bertz CT molecular complexity index is 448. The smallest absolute Gasteiger partial charge is 0.123 e. The maximum atomic E-state index is 13.4. The van der Waals surface area contributed by atoms with Gasteiger partial charge in [0.15, 0.2) is 0 Å². The molecule has 1 saturated carbocycles. The molecule has 0 radical (unpaired) electrons. The van der Waals surface area contributed by atoms with Crippen molar-refractivity contribution in [3.05, 3.63) is 34.1 Å². The summed E-state index contributed by atoms with van der Waals surface area (Å²) in [4.78, 5) is 0. The molecule has 0 aromatic heterocycles. The molecule has 1 aromatic rings. The van der Waals surface area contributed by atoms with Gasteiger partial charge in [0.1, 0.15) is 5.82 Å². The van der Waals surface area contributed by atoms with Crippen molar-refractivity contribution < 1.29 is 9.13 Å². The van der Waals surface area contributed by atoms with Crippen molar-refractivity contribution in [2.75, 3.05) is 6.61 Å². The number of hydrogen-bond acceptors (Lipinski definition) is 2. The zero-order valence-corrected chi connectivity index (χ0v) is 14.2. The summed E-state index contributed by atoms with van der Waals surface area (Å²) in [6.45, 7) is 2.69. The van der Waals surface area contributed by atoms with Crippen LogP contribution in [0, 0.1) is 11.7 Å². The Morgan fingerprint density at radius 1 is 1.33 bits per heavy atom. The van der Waals surface area contributed by atoms with E-state index in [2.05, 4.69) is 15.9 Å². The maximum Gasteiger partial charge on any atom is 0.123 e. The summed E-state index contributed by atoms with van der Waals surface area (Å²) in [6.07, 6.45) is 6.96. The van der Waals surface area contributed by atoms with Gasteiger partial charge < -0.3 is 10.5 Å². The van der Waals surface area contributed by atoms with Gasteiger partial charge in [-0.25, -0.2) is 4.39 Å². The quantitative estimate of drug-likeness (QED) is 0.816. The third kappa shape index (κ3) is 4.76. The van der Waals surface area contributed by atoms with Crippen LogP contribution >= 0.6 is 15.9 Å². The van der Waals surface area contributed by atoms with Crippen LogP contribution in [-0.2, 0) is 11.2 Å². The molecule has 0 bridgehead atoms. The van der Waals surface area contributed by atoms with Crippen LogP contribution in [0.2, 0.25) is 0 Å². The third-order valence-electron chi connectivity index (χ3n) is 4.36. The molecule has 21 heavy (non-hydrogen) atoms. The van der Waals surface area contributed by atoms with Gasteiger partial charge in [0.2, 0.25) is 0 Å². The fourth-order valence-corrected chi connectivity index (χ4v) is 3.74. The topological polar surface area (TPSA) is 35.2 Å². The molecule has 0 spiro atoms. The van der Waals surface area contributed by atoms with Gasteiger partial charge in [-0.1, -0.05) is 35.2 Å². The van der Waals surface area contributed by atoms with Crippen molar-refractivity contribution >= 4 is 15.9 Å². The average Bonchev–Trinajstić information content (AvgIpc) is 2.49. The minimum absolute atomic E-state index is 0.0745. The number of ether oxygens (including phenoxy) is 1. The van der Waals surface area contributed by atoms with Gasteiger partial charge in [0.25, 0.3) is 0 Å². The van der Waals surface area contributed by atoms with E-state index < -0.39 is 0 Å². The molecule has 1 aliphatic carbocycles. The molecule has 4 heteroatoms. The molecular weight excluding hydrogens is 333 g/mol. The Labute approximate surface area is 135 Å². The molecule has 1 aliphatic rings. The first-order chi connectivity index (χ1) is 10.1. The van der Waals surface area contributed by atoms with Crippen LogP contribution in [0.25, 0.3) is 0 Å². The van der Waals surface area contributed by atoms with Gasteiger partial charge in [-0.2, -0.15) is 0 Å². The van der Waals surface area contributed by atoms with Crippen LogP contribution in [0.1, 0.15) is 44.6 Å². The van der Waals surface area contributed by atoms with E-state index in [9.17, 15) is 4.39 Å². The number of nitrogens with two attached hydrogens (primary N) is 1. The van der Waals surface area contributed by atoms with Crippen molar-refractivity contribution in [1.82, 2.24) is 0 Å². The molecule has 2 atom stereocenters. The molecule has 0 heterocycles. The van der Waals surface area contributed by atoms with Crippen LogP contribution in [-0.4, -0.2) is 18.8 Å². The SMILES string of the molecule is CCOC(C(N)Cc1cc(F)ccc1Br)C1CCCCC1. The lowest BCUT2D eigenvalue weighted by molar-refractivity contribution is -0.00916. The lowest BCUT2D eigenvalue weighted by Gasteiger charge is -2.34. The van der Waals surface area contributed by atoms with E-state index in [0.717, 1.165) is 10.0 Å². The van der Waals surface area contributed by atoms with Crippen LogP contribution in [0.3, 0.4) is 0 Å². The van der Waals surface area contributed by atoms with Crippen LogP contribution in [0.5, 0.6) is 0 Å². The molecule has 2 nitrogen and oxygen atoms in total. The average molecular weight is 358 g/mol. The second-order valence-corrected chi connectivity index (χ2v) is 6.78. The lowest BCUT2D eigenvalue weighted by Crippen LogP contribution is -2.44. The molecule has 118 valence electrons. The first-order valence-electron chi connectivity index (χ1n) is 7.93. The Kier molecular flexibility index (Phi) is 6.65. The number of benzene rings is 1. The van der Waals surface area contributed by atoms with Crippen molar-refractivity contribution in [2.24, 2.45) is 11.7 Å². The number of rotatable bonds is 6. The Balaban J connectivity index is 2.06. The largest absolute Gasteiger partial charge is 0.377 e. The van der Waals surface area contributed by atoms with Crippen molar-refractivity contribution in [3.63, 3.8) is 0 Å². The standard InChI is InChI=1S/C17H25BrFNO/c1-2-21-17(12-6-4-3-5-7-12)16(20)11-13-10-14(19)8-9-15(13)18/h8-10,12,16-17H,2-7,11,20H2,1H3. The molecule has 0 aliphatic heterocycles. The molecule has 1 aromatic carbocycles. The number of halogens is 2. The molecule has 2 N–H and O–H groups in total. The summed E-state index contributed by atoms with van der Waals surface area (Å²) in [5.74, 6) is 0.326. The van der Waals surface area contributed by atoms with Gasteiger partial charge in [0.05, 0.1) is 6.10 Å². The van der Waals surface area contributed by atoms with Gasteiger partial charge in [-0.3, -0.25) is 0 Å². The minimum Gasteiger partial charge on any atom is -0.377 e. The molecule has 2 rings (SSSR count). The molecule has 1 fully saturated rings. The van der Waals surface area contributed by atoms with E-state index in [0.29, 0.717) is 18.9 Å². The lowest BCUT2D eigenvalue weighted by atomic mass is 9.81. The van der Waals surface area contributed by atoms with Gasteiger partial charge in [-0.15, -0.1) is 0 Å².